The smallest absolute Gasteiger partial charge is 0.223 e. The molecule has 3 nitrogen and oxygen atoms in total. The van der Waals surface area contributed by atoms with E-state index in [1.807, 2.05) is 24.3 Å². The lowest BCUT2D eigenvalue weighted by molar-refractivity contribution is -0.131. The second kappa shape index (κ2) is 8.15. The third-order valence-corrected chi connectivity index (χ3v) is 2.81. The summed E-state index contributed by atoms with van der Waals surface area (Å²) in [7, 11) is 1.59. The number of benzene rings is 1. The molecule has 0 unspecified atom stereocenters. The van der Waals surface area contributed by atoms with E-state index < -0.39 is 5.83 Å². The van der Waals surface area contributed by atoms with Crippen molar-refractivity contribution in [3.05, 3.63) is 54.9 Å². The summed E-state index contributed by atoms with van der Waals surface area (Å²) in [6.45, 7) is 7.07. The predicted octanol–water partition coefficient (Wildman–Crippen LogP) is 3.47. The van der Waals surface area contributed by atoms with Crippen LogP contribution < -0.4 is 4.74 Å². The van der Waals surface area contributed by atoms with Crippen LogP contribution >= 0.6 is 0 Å². The Morgan fingerprint density at radius 3 is 2.55 bits per heavy atom. The van der Waals surface area contributed by atoms with Crippen LogP contribution in [0, 0.1) is 0 Å². The van der Waals surface area contributed by atoms with Crippen LogP contribution in [-0.2, 0) is 11.3 Å². The van der Waals surface area contributed by atoms with Gasteiger partial charge in [-0.2, -0.15) is 0 Å². The number of ether oxygens (including phenoxy) is 1. The van der Waals surface area contributed by atoms with Crippen molar-refractivity contribution in [1.82, 2.24) is 4.90 Å². The number of hydrogen-bond donors (Lipinski definition) is 0. The van der Waals surface area contributed by atoms with E-state index in [1.165, 1.54) is 4.90 Å². The summed E-state index contributed by atoms with van der Waals surface area (Å²) in [4.78, 5) is 13.5. The van der Waals surface area contributed by atoms with Crippen molar-refractivity contribution in [1.29, 1.82) is 0 Å². The van der Waals surface area contributed by atoms with Crippen LogP contribution in [-0.4, -0.2) is 24.5 Å². The minimum atomic E-state index is -0.523. The highest BCUT2D eigenvalue weighted by Gasteiger charge is 2.14. The fraction of sp³-hybridized carbons (Fsp3) is 0.312. The molecule has 0 bridgehead atoms. The van der Waals surface area contributed by atoms with Gasteiger partial charge in [-0.1, -0.05) is 24.8 Å². The Kier molecular flexibility index (Phi) is 6.50. The lowest BCUT2D eigenvalue weighted by atomic mass is 10.2. The van der Waals surface area contributed by atoms with Gasteiger partial charge in [-0.15, -0.1) is 6.58 Å². The number of amides is 1. The number of nitrogens with zero attached hydrogens (tertiary/aromatic N) is 1. The number of carbonyl (C=O) groups excluding carboxylic acids is 1. The maximum absolute atomic E-state index is 13.0. The Morgan fingerprint density at radius 1 is 1.40 bits per heavy atom. The number of hydrogen-bond acceptors (Lipinski definition) is 2. The SMILES string of the molecule is C=CCCC(=O)N(CC(=C)F)Cc1ccc(OC)cc1. The zero-order valence-electron chi connectivity index (χ0n) is 11.8. The molecule has 0 saturated heterocycles. The Hall–Kier alpha value is -2.10. The Balaban J connectivity index is 2.74. The molecule has 0 aliphatic heterocycles. The molecule has 0 radical (unpaired) electrons. The number of methoxy groups -OCH3 is 1. The van der Waals surface area contributed by atoms with Gasteiger partial charge in [0, 0.05) is 13.0 Å². The average Bonchev–Trinajstić information content (AvgIpc) is 2.44. The van der Waals surface area contributed by atoms with Crippen LogP contribution in [0.2, 0.25) is 0 Å². The van der Waals surface area contributed by atoms with Crippen molar-refractivity contribution < 1.29 is 13.9 Å². The van der Waals surface area contributed by atoms with Gasteiger partial charge in [0.2, 0.25) is 5.91 Å². The van der Waals surface area contributed by atoms with Crippen LogP contribution in [0.25, 0.3) is 0 Å². The summed E-state index contributed by atoms with van der Waals surface area (Å²) >= 11 is 0. The standard InChI is InChI=1S/C16H20FNO2/c1-4-5-6-16(19)18(11-13(2)17)12-14-7-9-15(20-3)10-8-14/h4,7-10H,1-2,5-6,11-12H2,3H3. The van der Waals surface area contributed by atoms with Gasteiger partial charge in [0.1, 0.15) is 11.6 Å². The molecule has 0 spiro atoms. The fourth-order valence-electron chi connectivity index (χ4n) is 1.77. The van der Waals surface area contributed by atoms with Gasteiger partial charge in [-0.3, -0.25) is 4.79 Å². The summed E-state index contributed by atoms with van der Waals surface area (Å²) in [5, 5.41) is 0. The summed E-state index contributed by atoms with van der Waals surface area (Å²) in [6, 6.07) is 7.33. The van der Waals surface area contributed by atoms with Gasteiger partial charge in [0.25, 0.3) is 0 Å². The van der Waals surface area contributed by atoms with E-state index in [9.17, 15) is 9.18 Å². The number of allylic oxidation sites excluding steroid dienone is 1. The first-order valence-electron chi connectivity index (χ1n) is 6.41. The Bertz CT molecular complexity index is 468. The van der Waals surface area contributed by atoms with Crippen molar-refractivity contribution >= 4 is 5.91 Å². The lowest BCUT2D eigenvalue weighted by Crippen LogP contribution is -2.31. The van der Waals surface area contributed by atoms with Crippen LogP contribution in [0.1, 0.15) is 18.4 Å². The average molecular weight is 277 g/mol. The first kappa shape index (κ1) is 16.0. The molecule has 20 heavy (non-hydrogen) atoms. The molecule has 0 atom stereocenters. The molecule has 1 aromatic rings. The first-order valence-corrected chi connectivity index (χ1v) is 6.41. The van der Waals surface area contributed by atoms with E-state index in [0.717, 1.165) is 11.3 Å². The van der Waals surface area contributed by atoms with E-state index >= 15 is 0 Å². The largest absolute Gasteiger partial charge is 0.497 e. The molecule has 0 saturated carbocycles. The van der Waals surface area contributed by atoms with Crippen molar-refractivity contribution in [2.24, 2.45) is 0 Å². The molecule has 1 aromatic carbocycles. The first-order chi connectivity index (χ1) is 9.56. The molecular weight excluding hydrogens is 257 g/mol. The van der Waals surface area contributed by atoms with Crippen LogP contribution in [0.15, 0.2) is 49.3 Å². The van der Waals surface area contributed by atoms with Gasteiger partial charge < -0.3 is 9.64 Å². The summed E-state index contributed by atoms with van der Waals surface area (Å²) in [5.74, 6) is 0.109. The highest BCUT2D eigenvalue weighted by Crippen LogP contribution is 2.14. The molecule has 0 fully saturated rings. The number of rotatable bonds is 8. The third-order valence-electron chi connectivity index (χ3n) is 2.81. The van der Waals surface area contributed by atoms with Crippen molar-refractivity contribution in [2.45, 2.75) is 19.4 Å². The van der Waals surface area contributed by atoms with Crippen molar-refractivity contribution in [3.8, 4) is 5.75 Å². The Morgan fingerprint density at radius 2 is 2.05 bits per heavy atom. The van der Waals surface area contributed by atoms with Gasteiger partial charge in [-0.25, -0.2) is 4.39 Å². The molecule has 108 valence electrons. The van der Waals surface area contributed by atoms with Crippen LogP contribution in [0.4, 0.5) is 4.39 Å². The molecular formula is C16H20FNO2. The molecule has 0 heterocycles. The molecule has 0 aromatic heterocycles. The van der Waals surface area contributed by atoms with Crippen LogP contribution in [0.5, 0.6) is 5.75 Å². The molecule has 0 N–H and O–H groups in total. The van der Waals surface area contributed by atoms with E-state index in [-0.39, 0.29) is 12.5 Å². The predicted molar refractivity (Wildman–Crippen MR) is 78.1 cm³/mol. The molecule has 4 heteroatoms. The van der Waals surface area contributed by atoms with E-state index in [1.54, 1.807) is 13.2 Å². The van der Waals surface area contributed by atoms with Gasteiger partial charge in [0.15, 0.2) is 0 Å². The zero-order valence-corrected chi connectivity index (χ0v) is 11.8. The highest BCUT2D eigenvalue weighted by atomic mass is 19.1. The van der Waals surface area contributed by atoms with E-state index in [0.29, 0.717) is 19.4 Å². The maximum atomic E-state index is 13.0. The lowest BCUT2D eigenvalue weighted by Gasteiger charge is -2.22. The van der Waals surface area contributed by atoms with E-state index in [2.05, 4.69) is 13.2 Å². The molecule has 0 aliphatic carbocycles. The quantitative estimate of drug-likeness (QED) is 0.681. The second-order valence-electron chi connectivity index (χ2n) is 4.44. The second-order valence-corrected chi connectivity index (χ2v) is 4.44. The minimum absolute atomic E-state index is 0.0813. The van der Waals surface area contributed by atoms with E-state index in [4.69, 9.17) is 4.74 Å². The number of carbonyl (C=O) groups is 1. The Labute approximate surface area is 119 Å². The minimum Gasteiger partial charge on any atom is -0.497 e. The number of halogens is 1. The van der Waals surface area contributed by atoms with Gasteiger partial charge >= 0.3 is 0 Å². The third kappa shape index (κ3) is 5.26. The molecule has 1 amide bonds. The summed E-state index contributed by atoms with van der Waals surface area (Å²) in [5.41, 5.74) is 0.916. The molecule has 0 aliphatic rings. The van der Waals surface area contributed by atoms with Crippen molar-refractivity contribution in [3.63, 3.8) is 0 Å². The summed E-state index contributed by atoms with van der Waals surface area (Å²) < 4.78 is 18.1. The topological polar surface area (TPSA) is 29.5 Å². The van der Waals surface area contributed by atoms with Gasteiger partial charge in [-0.05, 0) is 24.1 Å². The summed E-state index contributed by atoms with van der Waals surface area (Å²) in [6.07, 6.45) is 2.58. The highest BCUT2D eigenvalue weighted by molar-refractivity contribution is 5.76. The fourth-order valence-corrected chi connectivity index (χ4v) is 1.77. The molecule has 1 rings (SSSR count). The maximum Gasteiger partial charge on any atom is 0.223 e. The van der Waals surface area contributed by atoms with Crippen LogP contribution in [0.3, 0.4) is 0 Å². The zero-order chi connectivity index (χ0) is 15.0. The normalized spacial score (nSPS) is 9.90. The van der Waals surface area contributed by atoms with Crippen molar-refractivity contribution in [2.75, 3.05) is 13.7 Å². The van der Waals surface area contributed by atoms with Gasteiger partial charge in [0.05, 0.1) is 13.7 Å². The monoisotopic (exact) mass is 277 g/mol.